The fourth-order valence-electron chi connectivity index (χ4n) is 1.72. The molecule has 0 aliphatic carbocycles. The number of benzene rings is 1. The lowest BCUT2D eigenvalue weighted by molar-refractivity contribution is 0.0528. The van der Waals surface area contributed by atoms with Gasteiger partial charge in [-0.05, 0) is 32.0 Å². The summed E-state index contributed by atoms with van der Waals surface area (Å²) in [5, 5.41) is 0.902. The van der Waals surface area contributed by atoms with E-state index in [1.807, 2.05) is 19.1 Å². The summed E-state index contributed by atoms with van der Waals surface area (Å²) in [7, 11) is 0. The Balaban J connectivity index is 2.62. The summed E-state index contributed by atoms with van der Waals surface area (Å²) in [4.78, 5) is 15.0. The number of aryl methyl sites for hydroxylation is 1. The van der Waals surface area contributed by atoms with Crippen LogP contribution in [0.25, 0.3) is 10.9 Å². The highest BCUT2D eigenvalue weighted by Crippen LogP contribution is 2.25. The van der Waals surface area contributed by atoms with Crippen molar-refractivity contribution in [3.63, 3.8) is 0 Å². The predicted molar refractivity (Wildman–Crippen MR) is 66.7 cm³/mol. The third-order valence-corrected chi connectivity index (χ3v) is 2.79. The number of fused-ring (bicyclic) bond motifs is 1. The quantitative estimate of drug-likeness (QED) is 0.857. The number of aromatic amines is 1. The van der Waals surface area contributed by atoms with E-state index in [1.54, 1.807) is 13.0 Å². The van der Waals surface area contributed by atoms with E-state index in [0.29, 0.717) is 12.2 Å². The van der Waals surface area contributed by atoms with Gasteiger partial charge in [0, 0.05) is 21.1 Å². The Labute approximate surface area is 102 Å². The smallest absolute Gasteiger partial charge is 0.338 e. The molecule has 2 rings (SSSR count). The van der Waals surface area contributed by atoms with Gasteiger partial charge in [-0.1, -0.05) is 15.9 Å². The standard InChI is InChI=1S/C12H12BrNO2/c1-3-16-12(15)10-5-8(13)6-11-9(10)4-7(2)14-11/h4-6,14H,3H2,1-2H3. The summed E-state index contributed by atoms with van der Waals surface area (Å²) < 4.78 is 5.89. The topological polar surface area (TPSA) is 42.1 Å². The van der Waals surface area contributed by atoms with Crippen LogP contribution in [0.4, 0.5) is 0 Å². The fourth-order valence-corrected chi connectivity index (χ4v) is 2.18. The van der Waals surface area contributed by atoms with Crippen LogP contribution in [0.3, 0.4) is 0 Å². The first-order valence-electron chi connectivity index (χ1n) is 5.08. The summed E-state index contributed by atoms with van der Waals surface area (Å²) in [6.07, 6.45) is 0. The Kier molecular flexibility index (Phi) is 3.01. The number of rotatable bonds is 2. The fraction of sp³-hybridized carbons (Fsp3) is 0.250. The van der Waals surface area contributed by atoms with E-state index in [9.17, 15) is 4.79 Å². The Morgan fingerprint density at radius 2 is 2.19 bits per heavy atom. The van der Waals surface area contributed by atoms with Crippen molar-refractivity contribution in [3.05, 3.63) is 33.9 Å². The third-order valence-electron chi connectivity index (χ3n) is 2.33. The summed E-state index contributed by atoms with van der Waals surface area (Å²) in [5.74, 6) is -0.284. The van der Waals surface area contributed by atoms with Crippen LogP contribution in [0.15, 0.2) is 22.7 Å². The zero-order chi connectivity index (χ0) is 11.7. The first-order chi connectivity index (χ1) is 7.61. The minimum atomic E-state index is -0.284. The lowest BCUT2D eigenvalue weighted by Crippen LogP contribution is -2.04. The summed E-state index contributed by atoms with van der Waals surface area (Å²) in [6, 6.07) is 5.69. The van der Waals surface area contributed by atoms with Crippen LogP contribution in [0.5, 0.6) is 0 Å². The van der Waals surface area contributed by atoms with Gasteiger partial charge >= 0.3 is 5.97 Å². The number of ether oxygens (including phenoxy) is 1. The molecule has 0 aliphatic heterocycles. The molecule has 84 valence electrons. The molecule has 0 fully saturated rings. The lowest BCUT2D eigenvalue weighted by atomic mass is 10.1. The van der Waals surface area contributed by atoms with Crippen LogP contribution < -0.4 is 0 Å². The molecular formula is C12H12BrNO2. The molecule has 0 radical (unpaired) electrons. The molecule has 0 aliphatic rings. The van der Waals surface area contributed by atoms with Crippen molar-refractivity contribution in [2.45, 2.75) is 13.8 Å². The number of hydrogen-bond donors (Lipinski definition) is 1. The average molecular weight is 282 g/mol. The van der Waals surface area contributed by atoms with E-state index in [1.165, 1.54) is 0 Å². The van der Waals surface area contributed by atoms with Crippen LogP contribution in [0, 0.1) is 6.92 Å². The number of aromatic nitrogens is 1. The van der Waals surface area contributed by atoms with Crippen LogP contribution in [0.2, 0.25) is 0 Å². The first kappa shape index (κ1) is 11.2. The zero-order valence-corrected chi connectivity index (χ0v) is 10.7. The normalized spacial score (nSPS) is 10.7. The predicted octanol–water partition coefficient (Wildman–Crippen LogP) is 3.42. The molecule has 0 saturated heterocycles. The maximum atomic E-state index is 11.8. The van der Waals surface area contributed by atoms with Crippen LogP contribution >= 0.6 is 15.9 Å². The monoisotopic (exact) mass is 281 g/mol. The summed E-state index contributed by atoms with van der Waals surface area (Å²) in [6.45, 7) is 4.15. The van der Waals surface area contributed by atoms with Crippen molar-refractivity contribution in [3.8, 4) is 0 Å². The van der Waals surface area contributed by atoms with E-state index in [-0.39, 0.29) is 5.97 Å². The highest BCUT2D eigenvalue weighted by molar-refractivity contribution is 9.10. The molecule has 4 heteroatoms. The molecule has 0 amide bonds. The molecule has 0 saturated carbocycles. The molecule has 2 aromatic rings. The Hall–Kier alpha value is -1.29. The van der Waals surface area contributed by atoms with Gasteiger partial charge in [0.05, 0.1) is 12.2 Å². The molecule has 1 aromatic carbocycles. The van der Waals surface area contributed by atoms with Gasteiger partial charge in [-0.2, -0.15) is 0 Å². The molecule has 16 heavy (non-hydrogen) atoms. The van der Waals surface area contributed by atoms with Gasteiger partial charge < -0.3 is 9.72 Å². The number of esters is 1. The van der Waals surface area contributed by atoms with Crippen molar-refractivity contribution < 1.29 is 9.53 Å². The minimum Gasteiger partial charge on any atom is -0.462 e. The number of hydrogen-bond acceptors (Lipinski definition) is 2. The van der Waals surface area contributed by atoms with Gasteiger partial charge in [0.15, 0.2) is 0 Å². The van der Waals surface area contributed by atoms with E-state index >= 15 is 0 Å². The second-order valence-electron chi connectivity index (χ2n) is 3.59. The number of carbonyl (C=O) groups excluding carboxylic acids is 1. The number of carbonyl (C=O) groups is 1. The molecular weight excluding hydrogens is 270 g/mol. The zero-order valence-electron chi connectivity index (χ0n) is 9.13. The van der Waals surface area contributed by atoms with E-state index < -0.39 is 0 Å². The number of nitrogens with one attached hydrogen (secondary N) is 1. The molecule has 1 aromatic heterocycles. The lowest BCUT2D eigenvalue weighted by Gasteiger charge is -2.04. The van der Waals surface area contributed by atoms with E-state index in [4.69, 9.17) is 4.74 Å². The molecule has 1 N–H and O–H groups in total. The maximum Gasteiger partial charge on any atom is 0.338 e. The second kappa shape index (κ2) is 4.29. The summed E-state index contributed by atoms with van der Waals surface area (Å²) >= 11 is 3.38. The molecule has 0 atom stereocenters. The van der Waals surface area contributed by atoms with Gasteiger partial charge in [-0.15, -0.1) is 0 Å². The van der Waals surface area contributed by atoms with Gasteiger partial charge in [0.1, 0.15) is 0 Å². The molecule has 0 spiro atoms. The largest absolute Gasteiger partial charge is 0.462 e. The SMILES string of the molecule is CCOC(=O)c1cc(Br)cc2[nH]c(C)cc12. The van der Waals surface area contributed by atoms with Crippen LogP contribution in [-0.2, 0) is 4.74 Å². The van der Waals surface area contributed by atoms with Gasteiger partial charge in [0.2, 0.25) is 0 Å². The van der Waals surface area contributed by atoms with Crippen LogP contribution in [0.1, 0.15) is 23.0 Å². The number of H-pyrrole nitrogens is 1. The number of halogens is 1. The van der Waals surface area contributed by atoms with Crippen molar-refractivity contribution in [1.82, 2.24) is 4.98 Å². The third kappa shape index (κ3) is 1.97. The highest BCUT2D eigenvalue weighted by Gasteiger charge is 2.13. The van der Waals surface area contributed by atoms with Gasteiger partial charge in [-0.25, -0.2) is 4.79 Å². The molecule has 0 unspecified atom stereocenters. The highest BCUT2D eigenvalue weighted by atomic mass is 79.9. The second-order valence-corrected chi connectivity index (χ2v) is 4.50. The van der Waals surface area contributed by atoms with Crippen molar-refractivity contribution in [1.29, 1.82) is 0 Å². The molecule has 1 heterocycles. The maximum absolute atomic E-state index is 11.8. The van der Waals surface area contributed by atoms with Crippen molar-refractivity contribution in [2.24, 2.45) is 0 Å². The molecule has 0 bridgehead atoms. The van der Waals surface area contributed by atoms with Crippen molar-refractivity contribution >= 4 is 32.8 Å². The van der Waals surface area contributed by atoms with Crippen LogP contribution in [-0.4, -0.2) is 17.6 Å². The van der Waals surface area contributed by atoms with Crippen molar-refractivity contribution in [2.75, 3.05) is 6.61 Å². The van der Waals surface area contributed by atoms with Gasteiger partial charge in [-0.3, -0.25) is 0 Å². The Morgan fingerprint density at radius 3 is 2.88 bits per heavy atom. The minimum absolute atomic E-state index is 0.284. The van der Waals surface area contributed by atoms with Gasteiger partial charge in [0.25, 0.3) is 0 Å². The first-order valence-corrected chi connectivity index (χ1v) is 5.87. The average Bonchev–Trinajstić information content (AvgIpc) is 2.57. The van der Waals surface area contributed by atoms with E-state index in [2.05, 4.69) is 20.9 Å². The Morgan fingerprint density at radius 1 is 1.44 bits per heavy atom. The summed E-state index contributed by atoms with van der Waals surface area (Å²) in [5.41, 5.74) is 2.56. The Bertz CT molecular complexity index is 545. The molecule has 3 nitrogen and oxygen atoms in total. The van der Waals surface area contributed by atoms with E-state index in [0.717, 1.165) is 21.1 Å².